The monoisotopic (exact) mass is 375 g/mol. The van der Waals surface area contributed by atoms with Crippen molar-refractivity contribution in [1.29, 1.82) is 0 Å². The van der Waals surface area contributed by atoms with Crippen LogP contribution in [0.15, 0.2) is 41.8 Å². The molecule has 0 aliphatic carbocycles. The van der Waals surface area contributed by atoms with Crippen LogP contribution in [-0.4, -0.2) is 41.7 Å². The fourth-order valence-corrected chi connectivity index (χ4v) is 3.91. The van der Waals surface area contributed by atoms with E-state index >= 15 is 0 Å². The molecule has 1 aromatic carbocycles. The summed E-state index contributed by atoms with van der Waals surface area (Å²) in [6.45, 7) is 2.29. The third kappa shape index (κ3) is 4.00. The van der Waals surface area contributed by atoms with Crippen LogP contribution in [0.4, 0.5) is 0 Å². The lowest BCUT2D eigenvalue weighted by molar-refractivity contribution is 0.402. The lowest BCUT2D eigenvalue weighted by Crippen LogP contribution is -2.25. The molecule has 26 heavy (non-hydrogen) atoms. The number of hydrogen-bond donors (Lipinski definition) is 1. The molecule has 0 saturated carbocycles. The van der Waals surface area contributed by atoms with Crippen LogP contribution in [0.1, 0.15) is 24.5 Å². The highest BCUT2D eigenvalue weighted by Crippen LogP contribution is 2.25. The van der Waals surface area contributed by atoms with Crippen molar-refractivity contribution in [3.8, 4) is 5.75 Å². The quantitative estimate of drug-likeness (QED) is 0.601. The number of nitrogens with zero attached hydrogens (tertiary/aromatic N) is 4. The molecule has 0 saturated heterocycles. The van der Waals surface area contributed by atoms with Gasteiger partial charge in [0.15, 0.2) is 0 Å². The molecule has 138 valence electrons. The maximum absolute atomic E-state index is 12.6. The molecule has 0 fully saturated rings. The zero-order valence-corrected chi connectivity index (χ0v) is 15.5. The average molecular weight is 375 g/mol. The molecule has 3 aromatic rings. The van der Waals surface area contributed by atoms with Crippen molar-refractivity contribution < 1.29 is 13.2 Å². The van der Waals surface area contributed by atoms with E-state index < -0.39 is 10.0 Å². The molecule has 0 amide bonds. The number of aromatic nitrogens is 4. The van der Waals surface area contributed by atoms with Crippen molar-refractivity contribution in [3.05, 3.63) is 48.0 Å². The Labute approximate surface area is 152 Å². The summed E-state index contributed by atoms with van der Waals surface area (Å²) in [6, 6.07) is 5.21. The first-order valence-corrected chi connectivity index (χ1v) is 9.82. The number of hydrogen-bond acceptors (Lipinski definition) is 6. The minimum atomic E-state index is -3.63. The van der Waals surface area contributed by atoms with Gasteiger partial charge in [0, 0.05) is 18.9 Å². The van der Waals surface area contributed by atoms with Gasteiger partial charge >= 0.3 is 0 Å². The maximum atomic E-state index is 12.6. The SMILES string of the molecule is CCc1ccc(OC)c(S(=O)(=O)NCCCc2cnc3ncnn3c2)c1. The summed E-state index contributed by atoms with van der Waals surface area (Å²) >= 11 is 0. The first kappa shape index (κ1) is 18.3. The number of nitrogens with one attached hydrogen (secondary N) is 1. The molecular formula is C17H21N5O3S. The Morgan fingerprint density at radius 3 is 2.85 bits per heavy atom. The van der Waals surface area contributed by atoms with Gasteiger partial charge in [0.1, 0.15) is 17.0 Å². The van der Waals surface area contributed by atoms with Gasteiger partial charge in [-0.3, -0.25) is 0 Å². The van der Waals surface area contributed by atoms with E-state index in [9.17, 15) is 8.42 Å². The minimum absolute atomic E-state index is 0.171. The first-order valence-electron chi connectivity index (χ1n) is 8.34. The topological polar surface area (TPSA) is 98.5 Å². The highest BCUT2D eigenvalue weighted by atomic mass is 32.2. The molecule has 0 atom stereocenters. The van der Waals surface area contributed by atoms with Crippen LogP contribution in [0, 0.1) is 0 Å². The fourth-order valence-electron chi connectivity index (χ4n) is 2.62. The number of benzene rings is 1. The molecule has 9 heteroatoms. The Hall–Kier alpha value is -2.52. The van der Waals surface area contributed by atoms with E-state index in [0.29, 0.717) is 30.9 Å². The van der Waals surface area contributed by atoms with Gasteiger partial charge in [0.05, 0.1) is 7.11 Å². The van der Waals surface area contributed by atoms with Crippen molar-refractivity contribution in [3.63, 3.8) is 0 Å². The molecular weight excluding hydrogens is 354 g/mol. The predicted molar refractivity (Wildman–Crippen MR) is 96.7 cm³/mol. The smallest absolute Gasteiger partial charge is 0.252 e. The Balaban J connectivity index is 1.63. The van der Waals surface area contributed by atoms with E-state index in [0.717, 1.165) is 17.5 Å². The molecule has 0 aliphatic heterocycles. The maximum Gasteiger partial charge on any atom is 0.252 e. The zero-order chi connectivity index (χ0) is 18.6. The second-order valence-corrected chi connectivity index (χ2v) is 7.54. The van der Waals surface area contributed by atoms with Crippen molar-refractivity contribution in [2.75, 3.05) is 13.7 Å². The second-order valence-electron chi connectivity index (χ2n) is 5.81. The van der Waals surface area contributed by atoms with Crippen LogP contribution in [0.5, 0.6) is 5.75 Å². The molecule has 1 N–H and O–H groups in total. The Kier molecular flexibility index (Phi) is 5.48. The highest BCUT2D eigenvalue weighted by molar-refractivity contribution is 7.89. The molecule has 2 aromatic heterocycles. The van der Waals surface area contributed by atoms with E-state index in [1.165, 1.54) is 13.4 Å². The van der Waals surface area contributed by atoms with Crippen LogP contribution in [0.25, 0.3) is 5.78 Å². The van der Waals surface area contributed by atoms with Crippen LogP contribution >= 0.6 is 0 Å². The van der Waals surface area contributed by atoms with Gasteiger partial charge in [-0.1, -0.05) is 13.0 Å². The van der Waals surface area contributed by atoms with Crippen molar-refractivity contribution in [2.45, 2.75) is 31.1 Å². The van der Waals surface area contributed by atoms with Gasteiger partial charge in [-0.15, -0.1) is 0 Å². The molecule has 3 rings (SSSR count). The van der Waals surface area contributed by atoms with E-state index in [1.807, 2.05) is 19.2 Å². The zero-order valence-electron chi connectivity index (χ0n) is 14.7. The van der Waals surface area contributed by atoms with Crippen molar-refractivity contribution in [2.24, 2.45) is 0 Å². The lowest BCUT2D eigenvalue weighted by atomic mass is 10.2. The normalized spacial score (nSPS) is 11.8. The molecule has 0 bridgehead atoms. The Bertz CT molecular complexity index is 1000. The number of sulfonamides is 1. The van der Waals surface area contributed by atoms with Gasteiger partial charge < -0.3 is 4.74 Å². The predicted octanol–water partition coefficient (Wildman–Crippen LogP) is 1.61. The van der Waals surface area contributed by atoms with Gasteiger partial charge in [-0.25, -0.2) is 22.6 Å². The van der Waals surface area contributed by atoms with Crippen LogP contribution in [0.3, 0.4) is 0 Å². The number of aryl methyl sites for hydroxylation is 2. The Morgan fingerprint density at radius 1 is 1.23 bits per heavy atom. The number of fused-ring (bicyclic) bond motifs is 1. The number of rotatable bonds is 8. The third-order valence-electron chi connectivity index (χ3n) is 4.05. The van der Waals surface area contributed by atoms with Gasteiger partial charge in [0.2, 0.25) is 10.0 Å². The molecule has 0 radical (unpaired) electrons. The van der Waals surface area contributed by atoms with Gasteiger partial charge in [0.25, 0.3) is 5.78 Å². The summed E-state index contributed by atoms with van der Waals surface area (Å²) in [5.41, 5.74) is 1.91. The van der Waals surface area contributed by atoms with E-state index in [2.05, 4.69) is 19.8 Å². The molecule has 0 aliphatic rings. The first-order chi connectivity index (χ1) is 12.5. The van der Waals surface area contributed by atoms with Crippen LogP contribution in [-0.2, 0) is 22.9 Å². The number of methoxy groups -OCH3 is 1. The lowest BCUT2D eigenvalue weighted by Gasteiger charge is -2.12. The summed E-state index contributed by atoms with van der Waals surface area (Å²) in [6.07, 6.45) is 7.08. The Morgan fingerprint density at radius 2 is 2.08 bits per heavy atom. The number of ether oxygens (including phenoxy) is 1. The summed E-state index contributed by atoms with van der Waals surface area (Å²) < 4.78 is 34.6. The van der Waals surface area contributed by atoms with E-state index in [-0.39, 0.29) is 4.90 Å². The molecule has 0 spiro atoms. The summed E-state index contributed by atoms with van der Waals surface area (Å²) in [4.78, 5) is 8.35. The summed E-state index contributed by atoms with van der Waals surface area (Å²) in [7, 11) is -2.17. The van der Waals surface area contributed by atoms with E-state index in [1.54, 1.807) is 22.8 Å². The van der Waals surface area contributed by atoms with Gasteiger partial charge in [-0.2, -0.15) is 10.1 Å². The molecule has 2 heterocycles. The van der Waals surface area contributed by atoms with Crippen LogP contribution in [0.2, 0.25) is 0 Å². The second kappa shape index (κ2) is 7.79. The standard InChI is InChI=1S/C17H21N5O3S/c1-3-13-6-7-15(25-2)16(9-13)26(23,24)21-8-4-5-14-10-18-17-19-12-20-22(17)11-14/h6-7,9-12,21H,3-5,8H2,1-2H3. The minimum Gasteiger partial charge on any atom is -0.495 e. The summed E-state index contributed by atoms with van der Waals surface area (Å²) in [5, 5.41) is 4.04. The molecule has 0 unspecified atom stereocenters. The molecule has 8 nitrogen and oxygen atoms in total. The third-order valence-corrected chi connectivity index (χ3v) is 5.53. The average Bonchev–Trinajstić information content (AvgIpc) is 3.12. The van der Waals surface area contributed by atoms with Crippen molar-refractivity contribution in [1.82, 2.24) is 24.3 Å². The van der Waals surface area contributed by atoms with Crippen LogP contribution < -0.4 is 9.46 Å². The summed E-state index contributed by atoms with van der Waals surface area (Å²) in [5.74, 6) is 0.882. The van der Waals surface area contributed by atoms with E-state index in [4.69, 9.17) is 4.74 Å². The van der Waals surface area contributed by atoms with Gasteiger partial charge in [-0.05, 0) is 42.5 Å². The highest BCUT2D eigenvalue weighted by Gasteiger charge is 2.19. The largest absolute Gasteiger partial charge is 0.495 e. The fraction of sp³-hybridized carbons (Fsp3) is 0.353. The van der Waals surface area contributed by atoms with Crippen molar-refractivity contribution >= 4 is 15.8 Å².